The molecule has 0 aliphatic carbocycles. The maximum atomic E-state index is 13.2. The fraction of sp³-hybridized carbons (Fsp3) is 0.421. The molecule has 2 heterocycles. The van der Waals surface area contributed by atoms with Gasteiger partial charge in [-0.3, -0.25) is 0 Å². The zero-order chi connectivity index (χ0) is 21.1. The Hall–Kier alpha value is -2.33. The number of rotatable bonds is 7. The van der Waals surface area contributed by atoms with Gasteiger partial charge in [-0.2, -0.15) is 13.2 Å². The molecular weight excluding hydrogens is 409 g/mol. The molecule has 10 heteroatoms. The zero-order valence-electron chi connectivity index (χ0n) is 15.6. The molecule has 0 amide bonds. The summed E-state index contributed by atoms with van der Waals surface area (Å²) in [7, 11) is -3.78. The Kier molecular flexibility index (Phi) is 6.33. The average Bonchev–Trinajstić information content (AvgIpc) is 2.65. The average molecular weight is 430 g/mol. The molecule has 1 unspecified atom stereocenters. The summed E-state index contributed by atoms with van der Waals surface area (Å²) in [6.45, 7) is 1.25. The zero-order valence-corrected chi connectivity index (χ0v) is 16.5. The largest absolute Gasteiger partial charge is 0.484 e. The van der Waals surface area contributed by atoms with E-state index in [1.54, 1.807) is 30.5 Å². The molecule has 29 heavy (non-hydrogen) atoms. The van der Waals surface area contributed by atoms with Crippen LogP contribution in [0.4, 0.5) is 13.2 Å². The lowest BCUT2D eigenvalue weighted by molar-refractivity contribution is -0.145. The van der Waals surface area contributed by atoms with Gasteiger partial charge in [0.1, 0.15) is 22.5 Å². The van der Waals surface area contributed by atoms with Crippen LogP contribution < -0.4 is 14.8 Å². The highest BCUT2D eigenvalue weighted by Gasteiger charge is 2.42. The van der Waals surface area contributed by atoms with E-state index in [4.69, 9.17) is 9.47 Å². The van der Waals surface area contributed by atoms with Gasteiger partial charge in [-0.05, 0) is 23.3 Å². The third-order valence-electron chi connectivity index (χ3n) is 4.39. The quantitative estimate of drug-likeness (QED) is 0.728. The summed E-state index contributed by atoms with van der Waals surface area (Å²) in [6.07, 6.45) is -2.46. The molecular formula is C19H21F3N2O4S. The van der Waals surface area contributed by atoms with Crippen molar-refractivity contribution in [1.29, 1.82) is 0 Å². The van der Waals surface area contributed by atoms with Crippen LogP contribution in [0.3, 0.4) is 0 Å². The van der Waals surface area contributed by atoms with Crippen LogP contribution in [0.2, 0.25) is 0 Å². The molecule has 0 radical (unpaired) electrons. The van der Waals surface area contributed by atoms with E-state index in [1.165, 1.54) is 12.1 Å². The molecule has 1 aromatic carbocycles. The molecule has 6 nitrogen and oxygen atoms in total. The number of nitrogens with one attached hydrogen (secondary N) is 1. The van der Waals surface area contributed by atoms with Crippen molar-refractivity contribution in [3.63, 3.8) is 0 Å². The Labute approximate surface area is 167 Å². The van der Waals surface area contributed by atoms with Crippen molar-refractivity contribution in [2.75, 3.05) is 25.2 Å². The number of aromatic nitrogens is 1. The second kappa shape index (κ2) is 8.58. The van der Waals surface area contributed by atoms with Crippen molar-refractivity contribution >= 4 is 9.84 Å². The van der Waals surface area contributed by atoms with Crippen molar-refractivity contribution in [2.45, 2.75) is 24.7 Å². The number of pyridine rings is 1. The fourth-order valence-electron chi connectivity index (χ4n) is 2.98. The van der Waals surface area contributed by atoms with E-state index in [9.17, 15) is 21.6 Å². The van der Waals surface area contributed by atoms with Crippen LogP contribution in [-0.2, 0) is 16.4 Å². The Morgan fingerprint density at radius 3 is 2.62 bits per heavy atom. The summed E-state index contributed by atoms with van der Waals surface area (Å²) >= 11 is 0. The van der Waals surface area contributed by atoms with Crippen molar-refractivity contribution in [1.82, 2.24) is 10.3 Å². The Bertz CT molecular complexity index is 933. The molecule has 0 fully saturated rings. The predicted molar refractivity (Wildman–Crippen MR) is 101 cm³/mol. The fourth-order valence-corrected chi connectivity index (χ4v) is 3.96. The highest BCUT2D eigenvalue weighted by molar-refractivity contribution is 7.90. The molecule has 2 atom stereocenters. The first kappa shape index (κ1) is 21.4. The topological polar surface area (TPSA) is 77.5 Å². The van der Waals surface area contributed by atoms with Crippen molar-refractivity contribution in [2.24, 2.45) is 0 Å². The van der Waals surface area contributed by atoms with E-state index in [0.29, 0.717) is 31.3 Å². The summed E-state index contributed by atoms with van der Waals surface area (Å²) in [6, 6.07) is 9.27. The van der Waals surface area contributed by atoms with Crippen LogP contribution in [0.15, 0.2) is 42.6 Å². The van der Waals surface area contributed by atoms with Crippen LogP contribution >= 0.6 is 0 Å². The van der Waals surface area contributed by atoms with E-state index in [-0.39, 0.29) is 11.7 Å². The number of benzene rings is 1. The first-order valence-corrected chi connectivity index (χ1v) is 11.0. The molecule has 0 spiro atoms. The van der Waals surface area contributed by atoms with Crippen molar-refractivity contribution in [3.8, 4) is 11.6 Å². The van der Waals surface area contributed by atoms with Gasteiger partial charge in [-0.15, -0.1) is 0 Å². The number of halogens is 3. The molecule has 1 aromatic heterocycles. The minimum atomic E-state index is -4.63. The van der Waals surface area contributed by atoms with Crippen LogP contribution in [0.5, 0.6) is 11.6 Å². The smallest absolute Gasteiger partial charge is 0.396 e. The Morgan fingerprint density at radius 2 is 1.97 bits per heavy atom. The maximum Gasteiger partial charge on any atom is 0.396 e. The lowest BCUT2D eigenvalue weighted by atomic mass is 9.99. The number of sulfone groups is 1. The van der Waals surface area contributed by atoms with Gasteiger partial charge >= 0.3 is 6.18 Å². The third kappa shape index (κ3) is 6.07. The number of alkyl halides is 3. The standard InChI is InChI=1S/C19H21F3N2O4S/c1-29(25,26)12-16(19(20,21)22)14-6-4-13(5-7-14)9-23-10-15-11-27-17-3-2-8-24-18(17)28-15/h2-8,15-16,23H,9-12H2,1H3/t15-,16?/m0/s1. The lowest BCUT2D eigenvalue weighted by Crippen LogP contribution is -2.38. The van der Waals surface area contributed by atoms with E-state index in [2.05, 4.69) is 10.3 Å². The molecule has 3 rings (SSSR count). The van der Waals surface area contributed by atoms with Gasteiger partial charge in [0.15, 0.2) is 5.75 Å². The summed E-state index contributed by atoms with van der Waals surface area (Å²) in [5.41, 5.74) is 0.697. The number of ether oxygens (including phenoxy) is 2. The minimum absolute atomic E-state index is 0.0710. The summed E-state index contributed by atoms with van der Waals surface area (Å²) in [5.74, 6) is -1.99. The SMILES string of the molecule is CS(=O)(=O)CC(c1ccc(CNC[C@H]2COc3cccnc3O2)cc1)C(F)(F)F. The molecule has 0 bridgehead atoms. The highest BCUT2D eigenvalue weighted by atomic mass is 32.2. The van der Waals surface area contributed by atoms with Gasteiger partial charge in [-0.25, -0.2) is 13.4 Å². The van der Waals surface area contributed by atoms with Gasteiger partial charge in [0.2, 0.25) is 0 Å². The van der Waals surface area contributed by atoms with E-state index in [1.807, 2.05) is 0 Å². The van der Waals surface area contributed by atoms with E-state index >= 15 is 0 Å². The van der Waals surface area contributed by atoms with Crippen molar-refractivity contribution in [3.05, 3.63) is 53.7 Å². The summed E-state index contributed by atoms with van der Waals surface area (Å²) in [5, 5.41) is 3.17. The molecule has 1 aliphatic rings. The van der Waals surface area contributed by atoms with Crippen LogP contribution in [0, 0.1) is 0 Å². The van der Waals surface area contributed by atoms with Gasteiger partial charge < -0.3 is 14.8 Å². The maximum absolute atomic E-state index is 13.2. The Morgan fingerprint density at radius 1 is 1.24 bits per heavy atom. The molecule has 0 saturated carbocycles. The van der Waals surface area contributed by atoms with Crippen LogP contribution in [0.1, 0.15) is 17.0 Å². The van der Waals surface area contributed by atoms with Gasteiger partial charge in [0.05, 0.1) is 11.7 Å². The number of hydrogen-bond acceptors (Lipinski definition) is 6. The minimum Gasteiger partial charge on any atom is -0.484 e. The lowest BCUT2D eigenvalue weighted by Gasteiger charge is -2.25. The van der Waals surface area contributed by atoms with E-state index in [0.717, 1.165) is 11.8 Å². The normalized spacial score (nSPS) is 17.7. The van der Waals surface area contributed by atoms with Gasteiger partial charge in [0.25, 0.3) is 5.88 Å². The van der Waals surface area contributed by atoms with Crippen LogP contribution in [0.25, 0.3) is 0 Å². The number of hydrogen-bond donors (Lipinski definition) is 1. The monoisotopic (exact) mass is 430 g/mol. The molecule has 2 aromatic rings. The van der Waals surface area contributed by atoms with Gasteiger partial charge in [0, 0.05) is 25.5 Å². The molecule has 158 valence electrons. The molecule has 1 aliphatic heterocycles. The van der Waals surface area contributed by atoms with E-state index < -0.39 is 27.7 Å². The third-order valence-corrected chi connectivity index (χ3v) is 5.33. The van der Waals surface area contributed by atoms with Crippen LogP contribution in [-0.4, -0.2) is 50.8 Å². The molecule has 0 saturated heterocycles. The first-order chi connectivity index (χ1) is 13.6. The van der Waals surface area contributed by atoms with Gasteiger partial charge in [-0.1, -0.05) is 24.3 Å². The number of nitrogens with zero attached hydrogens (tertiary/aromatic N) is 1. The summed E-state index contributed by atoms with van der Waals surface area (Å²) < 4.78 is 73.7. The first-order valence-electron chi connectivity index (χ1n) is 8.90. The van der Waals surface area contributed by atoms with Crippen molar-refractivity contribution < 1.29 is 31.1 Å². The second-order valence-corrected chi connectivity index (χ2v) is 9.10. The molecule has 1 N–H and O–H groups in total. The Balaban J connectivity index is 1.55. The predicted octanol–water partition coefficient (Wildman–Crippen LogP) is 2.70. The second-order valence-electron chi connectivity index (χ2n) is 6.92. The summed E-state index contributed by atoms with van der Waals surface area (Å²) in [4.78, 5) is 4.10. The number of fused-ring (bicyclic) bond motifs is 1. The highest BCUT2D eigenvalue weighted by Crippen LogP contribution is 2.36.